The third-order valence-corrected chi connectivity index (χ3v) is 3.64. The van der Waals surface area contributed by atoms with Crippen molar-refractivity contribution in [2.75, 3.05) is 13.1 Å². The number of hydrogen-bond acceptors (Lipinski definition) is 2. The van der Waals surface area contributed by atoms with E-state index in [0.717, 1.165) is 5.92 Å². The number of furan rings is 1. The Kier molecular flexibility index (Phi) is 1.53. The van der Waals surface area contributed by atoms with Crippen LogP contribution in [-0.4, -0.2) is 13.1 Å². The molecule has 2 heteroatoms. The Morgan fingerprint density at radius 3 is 2.92 bits per heavy atom. The maximum atomic E-state index is 5.55. The van der Waals surface area contributed by atoms with Crippen LogP contribution >= 0.6 is 0 Å². The summed E-state index contributed by atoms with van der Waals surface area (Å²) in [5.74, 6) is 2.04. The van der Waals surface area contributed by atoms with E-state index in [0.29, 0.717) is 5.41 Å². The van der Waals surface area contributed by atoms with Crippen molar-refractivity contribution in [1.82, 2.24) is 5.32 Å². The second kappa shape index (κ2) is 2.61. The summed E-state index contributed by atoms with van der Waals surface area (Å²) in [6.45, 7) is 2.37. The second-order valence-electron chi connectivity index (χ2n) is 4.32. The number of nitrogens with one attached hydrogen (secondary N) is 1. The zero-order valence-electron chi connectivity index (χ0n) is 7.75. The quantitative estimate of drug-likeness (QED) is 0.746. The Labute approximate surface area is 78.3 Å². The summed E-state index contributed by atoms with van der Waals surface area (Å²) in [5, 5.41) is 3.44. The molecule has 1 atom stereocenters. The molecule has 1 unspecified atom stereocenters. The summed E-state index contributed by atoms with van der Waals surface area (Å²) in [6, 6.07) is 4.16. The topological polar surface area (TPSA) is 25.2 Å². The minimum absolute atomic E-state index is 0.424. The van der Waals surface area contributed by atoms with Gasteiger partial charge in [-0.15, -0.1) is 0 Å². The Balaban J connectivity index is 1.88. The van der Waals surface area contributed by atoms with Crippen LogP contribution in [0.25, 0.3) is 0 Å². The monoisotopic (exact) mass is 177 g/mol. The molecule has 0 bridgehead atoms. The van der Waals surface area contributed by atoms with Gasteiger partial charge in [-0.05, 0) is 50.4 Å². The molecule has 0 radical (unpaired) electrons. The van der Waals surface area contributed by atoms with Gasteiger partial charge in [-0.3, -0.25) is 0 Å². The smallest absolute Gasteiger partial charge is 0.110 e. The maximum absolute atomic E-state index is 5.55. The van der Waals surface area contributed by atoms with Crippen molar-refractivity contribution in [1.29, 1.82) is 0 Å². The molecule has 13 heavy (non-hydrogen) atoms. The van der Waals surface area contributed by atoms with Gasteiger partial charge in [0.25, 0.3) is 0 Å². The first-order chi connectivity index (χ1) is 6.42. The van der Waals surface area contributed by atoms with E-state index in [1.165, 1.54) is 38.1 Å². The van der Waals surface area contributed by atoms with E-state index in [-0.39, 0.29) is 0 Å². The molecule has 0 aromatic carbocycles. The van der Waals surface area contributed by atoms with Gasteiger partial charge in [-0.25, -0.2) is 0 Å². The van der Waals surface area contributed by atoms with E-state index in [1.54, 1.807) is 6.26 Å². The lowest BCUT2D eigenvalue weighted by Gasteiger charge is -2.19. The van der Waals surface area contributed by atoms with Crippen molar-refractivity contribution >= 4 is 0 Å². The molecule has 1 N–H and O–H groups in total. The van der Waals surface area contributed by atoms with Gasteiger partial charge in [0.15, 0.2) is 0 Å². The minimum atomic E-state index is 0.424. The molecule has 3 rings (SSSR count). The summed E-state index contributed by atoms with van der Waals surface area (Å²) in [6.07, 6.45) is 5.78. The normalized spacial score (nSPS) is 30.6. The van der Waals surface area contributed by atoms with Crippen LogP contribution in [0.1, 0.15) is 25.0 Å². The molecule has 2 aliphatic rings. The third kappa shape index (κ3) is 1.05. The van der Waals surface area contributed by atoms with E-state index in [1.807, 2.05) is 6.07 Å². The fraction of sp³-hybridized carbons (Fsp3) is 0.636. The van der Waals surface area contributed by atoms with Crippen LogP contribution < -0.4 is 5.32 Å². The lowest BCUT2D eigenvalue weighted by molar-refractivity contribution is 0.357. The largest absolute Gasteiger partial charge is 0.469 e. The average molecular weight is 177 g/mol. The predicted octanol–water partition coefficient (Wildman–Crippen LogP) is 1.92. The first-order valence-electron chi connectivity index (χ1n) is 5.16. The molecule has 1 aliphatic carbocycles. The van der Waals surface area contributed by atoms with E-state index >= 15 is 0 Å². The summed E-state index contributed by atoms with van der Waals surface area (Å²) in [4.78, 5) is 0. The van der Waals surface area contributed by atoms with E-state index in [2.05, 4.69) is 11.4 Å². The maximum Gasteiger partial charge on any atom is 0.110 e. The highest BCUT2D eigenvalue weighted by Gasteiger charge is 2.53. The first kappa shape index (κ1) is 7.63. The average Bonchev–Trinajstić information content (AvgIpc) is 2.68. The molecular weight excluding hydrogens is 162 g/mol. The van der Waals surface area contributed by atoms with Gasteiger partial charge in [0.2, 0.25) is 0 Å². The number of hydrogen-bond donors (Lipinski definition) is 1. The molecule has 1 aromatic rings. The van der Waals surface area contributed by atoms with Gasteiger partial charge in [-0.2, -0.15) is 0 Å². The van der Waals surface area contributed by atoms with Crippen LogP contribution in [0, 0.1) is 5.92 Å². The van der Waals surface area contributed by atoms with E-state index in [4.69, 9.17) is 4.42 Å². The molecule has 70 valence electrons. The molecular formula is C11H15NO. The van der Waals surface area contributed by atoms with Crippen molar-refractivity contribution in [3.63, 3.8) is 0 Å². The zero-order chi connectivity index (χ0) is 8.73. The molecule has 0 spiro atoms. The highest BCUT2D eigenvalue weighted by Crippen LogP contribution is 2.55. The predicted molar refractivity (Wildman–Crippen MR) is 50.6 cm³/mol. The van der Waals surface area contributed by atoms with Crippen LogP contribution in [-0.2, 0) is 5.41 Å². The highest BCUT2D eigenvalue weighted by molar-refractivity contribution is 5.24. The van der Waals surface area contributed by atoms with Crippen molar-refractivity contribution in [2.45, 2.75) is 24.7 Å². The van der Waals surface area contributed by atoms with E-state index < -0.39 is 0 Å². The molecule has 2 heterocycles. The van der Waals surface area contributed by atoms with Crippen molar-refractivity contribution in [2.24, 2.45) is 5.92 Å². The third-order valence-electron chi connectivity index (χ3n) is 3.64. The Morgan fingerprint density at radius 1 is 1.46 bits per heavy atom. The van der Waals surface area contributed by atoms with Crippen LogP contribution in [0.15, 0.2) is 22.8 Å². The van der Waals surface area contributed by atoms with Gasteiger partial charge >= 0.3 is 0 Å². The van der Waals surface area contributed by atoms with Gasteiger partial charge < -0.3 is 9.73 Å². The van der Waals surface area contributed by atoms with Crippen molar-refractivity contribution in [3.8, 4) is 0 Å². The molecule has 2 fully saturated rings. The van der Waals surface area contributed by atoms with Crippen molar-refractivity contribution < 1.29 is 4.42 Å². The lowest BCUT2D eigenvalue weighted by atomic mass is 9.86. The van der Waals surface area contributed by atoms with Crippen LogP contribution in [0.4, 0.5) is 0 Å². The molecule has 1 saturated carbocycles. The van der Waals surface area contributed by atoms with Gasteiger partial charge in [0, 0.05) is 5.41 Å². The SMILES string of the molecule is c1coc(C2(C3CCNC3)CC2)c1. The van der Waals surface area contributed by atoms with Gasteiger partial charge in [0.1, 0.15) is 5.76 Å². The van der Waals surface area contributed by atoms with Crippen LogP contribution in [0.2, 0.25) is 0 Å². The summed E-state index contributed by atoms with van der Waals surface area (Å²) in [7, 11) is 0. The van der Waals surface area contributed by atoms with E-state index in [9.17, 15) is 0 Å². The number of rotatable bonds is 2. The highest BCUT2D eigenvalue weighted by atomic mass is 16.3. The Bertz CT molecular complexity index is 281. The molecule has 1 aliphatic heterocycles. The molecule has 0 amide bonds. The molecule has 2 nitrogen and oxygen atoms in total. The standard InChI is InChI=1S/C11H15NO/c1-2-10(13-7-1)11(4-5-11)9-3-6-12-8-9/h1-2,7,9,12H,3-6,8H2. The fourth-order valence-electron chi connectivity index (χ4n) is 2.68. The first-order valence-corrected chi connectivity index (χ1v) is 5.16. The van der Waals surface area contributed by atoms with Crippen molar-refractivity contribution in [3.05, 3.63) is 24.2 Å². The van der Waals surface area contributed by atoms with Crippen LogP contribution in [0.5, 0.6) is 0 Å². The summed E-state index contributed by atoms with van der Waals surface area (Å²) < 4.78 is 5.55. The minimum Gasteiger partial charge on any atom is -0.469 e. The fourth-order valence-corrected chi connectivity index (χ4v) is 2.68. The van der Waals surface area contributed by atoms with Gasteiger partial charge in [0.05, 0.1) is 6.26 Å². The summed E-state index contributed by atoms with van der Waals surface area (Å²) in [5.41, 5.74) is 0.424. The second-order valence-corrected chi connectivity index (χ2v) is 4.32. The van der Waals surface area contributed by atoms with Gasteiger partial charge in [-0.1, -0.05) is 0 Å². The Morgan fingerprint density at radius 2 is 2.38 bits per heavy atom. The van der Waals surface area contributed by atoms with Crippen LogP contribution in [0.3, 0.4) is 0 Å². The Hall–Kier alpha value is -0.760. The molecule has 1 saturated heterocycles. The lowest BCUT2D eigenvalue weighted by Crippen LogP contribution is -2.22. The molecule has 1 aromatic heterocycles. The summed E-state index contributed by atoms with van der Waals surface area (Å²) >= 11 is 0. The zero-order valence-corrected chi connectivity index (χ0v) is 7.75.